The molecule has 0 N–H and O–H groups in total. The molecule has 0 atom stereocenters. The van der Waals surface area contributed by atoms with E-state index in [0.29, 0.717) is 24.8 Å². The van der Waals surface area contributed by atoms with Crippen LogP contribution in [0.2, 0.25) is 0 Å². The molecular weight excluding hydrogens is 244 g/mol. The zero-order valence-electron chi connectivity index (χ0n) is 11.7. The maximum absolute atomic E-state index is 12.2. The van der Waals surface area contributed by atoms with Crippen molar-refractivity contribution in [2.45, 2.75) is 52.0 Å². The van der Waals surface area contributed by atoms with Crippen molar-refractivity contribution in [3.63, 3.8) is 0 Å². The van der Waals surface area contributed by atoms with Crippen LogP contribution in [0.25, 0.3) is 0 Å². The topological polar surface area (TPSA) is 57.7 Å². The van der Waals surface area contributed by atoms with E-state index < -0.39 is 0 Å². The average molecular weight is 266 g/mol. The smallest absolute Gasteiger partial charge is 0.229 e. The molecule has 1 aliphatic heterocycles. The van der Waals surface area contributed by atoms with Gasteiger partial charge in [0.15, 0.2) is 0 Å². The lowest BCUT2D eigenvalue weighted by atomic mass is 10.2. The molecular formula is C14H22N2O3. The molecule has 0 aromatic carbocycles. The van der Waals surface area contributed by atoms with E-state index in [2.05, 4.69) is 13.8 Å². The number of amides is 3. The number of hydrogen-bond donors (Lipinski definition) is 0. The highest BCUT2D eigenvalue weighted by Crippen LogP contribution is 2.28. The molecule has 1 aliphatic carbocycles. The van der Waals surface area contributed by atoms with Crippen molar-refractivity contribution in [1.29, 1.82) is 0 Å². The Bertz CT molecular complexity index is 372. The maximum atomic E-state index is 12.2. The molecule has 0 radical (unpaired) electrons. The molecule has 5 heteroatoms. The highest BCUT2D eigenvalue weighted by atomic mass is 16.2. The summed E-state index contributed by atoms with van der Waals surface area (Å²) in [5, 5.41) is 0. The van der Waals surface area contributed by atoms with Gasteiger partial charge in [0.1, 0.15) is 0 Å². The van der Waals surface area contributed by atoms with Crippen molar-refractivity contribution in [2.24, 2.45) is 5.92 Å². The second-order valence-electron chi connectivity index (χ2n) is 5.86. The van der Waals surface area contributed by atoms with Crippen LogP contribution in [0.5, 0.6) is 0 Å². The fourth-order valence-electron chi connectivity index (χ4n) is 2.46. The third-order valence-electron chi connectivity index (χ3n) is 3.57. The first-order chi connectivity index (χ1) is 8.99. The van der Waals surface area contributed by atoms with Crippen LogP contribution < -0.4 is 0 Å². The molecule has 2 rings (SSSR count). The summed E-state index contributed by atoms with van der Waals surface area (Å²) in [5.74, 6) is 0.238. The lowest BCUT2D eigenvalue weighted by molar-refractivity contribution is -0.139. The van der Waals surface area contributed by atoms with Crippen LogP contribution in [0.4, 0.5) is 0 Å². The van der Waals surface area contributed by atoms with Gasteiger partial charge in [0.05, 0.1) is 0 Å². The lowest BCUT2D eigenvalue weighted by Crippen LogP contribution is -2.39. The van der Waals surface area contributed by atoms with Gasteiger partial charge in [0, 0.05) is 38.4 Å². The zero-order valence-corrected chi connectivity index (χ0v) is 11.7. The van der Waals surface area contributed by atoms with Crippen LogP contribution >= 0.6 is 0 Å². The van der Waals surface area contributed by atoms with Crippen LogP contribution in [0, 0.1) is 5.92 Å². The molecule has 2 fully saturated rings. The van der Waals surface area contributed by atoms with Crippen LogP contribution in [0.3, 0.4) is 0 Å². The van der Waals surface area contributed by atoms with E-state index in [1.165, 1.54) is 4.90 Å². The van der Waals surface area contributed by atoms with Crippen molar-refractivity contribution in [2.75, 3.05) is 13.1 Å². The first-order valence-electron chi connectivity index (χ1n) is 7.11. The van der Waals surface area contributed by atoms with E-state index in [1.54, 1.807) is 0 Å². The summed E-state index contributed by atoms with van der Waals surface area (Å²) < 4.78 is 0. The summed E-state index contributed by atoms with van der Waals surface area (Å²) in [6.45, 7) is 5.20. The minimum atomic E-state index is -0.139. The van der Waals surface area contributed by atoms with Crippen LogP contribution in [0.15, 0.2) is 0 Å². The zero-order chi connectivity index (χ0) is 14.0. The quantitative estimate of drug-likeness (QED) is 0.678. The highest BCUT2D eigenvalue weighted by molar-refractivity contribution is 6.02. The second kappa shape index (κ2) is 5.72. The number of hydrogen-bond acceptors (Lipinski definition) is 3. The molecule has 0 unspecified atom stereocenters. The molecule has 0 bridgehead atoms. The Labute approximate surface area is 113 Å². The van der Waals surface area contributed by atoms with E-state index in [9.17, 15) is 14.4 Å². The summed E-state index contributed by atoms with van der Waals surface area (Å²) in [7, 11) is 0. The number of likely N-dealkylation sites (tertiary alicyclic amines) is 1. The monoisotopic (exact) mass is 266 g/mol. The summed E-state index contributed by atoms with van der Waals surface area (Å²) in [6, 6.07) is 0.389. The largest absolute Gasteiger partial charge is 0.339 e. The number of imide groups is 1. The predicted octanol–water partition coefficient (Wildman–Crippen LogP) is 1.17. The molecule has 2 aliphatic rings. The van der Waals surface area contributed by atoms with E-state index in [1.807, 2.05) is 4.90 Å². The Kier molecular flexibility index (Phi) is 4.22. The fraction of sp³-hybridized carbons (Fsp3) is 0.786. The van der Waals surface area contributed by atoms with Gasteiger partial charge in [-0.2, -0.15) is 0 Å². The fourth-order valence-corrected chi connectivity index (χ4v) is 2.46. The average Bonchev–Trinajstić information content (AvgIpc) is 3.12. The standard InChI is InChI=1S/C14H22N2O3/c1-10(2)9-16(11-3-4-11)14(19)7-8-15-12(17)5-6-13(15)18/h10-11H,3-9H2,1-2H3. The minimum absolute atomic E-state index is 0.0729. The Balaban J connectivity index is 1.85. The first kappa shape index (κ1) is 14.0. The Morgan fingerprint density at radius 3 is 2.32 bits per heavy atom. The molecule has 1 heterocycles. The molecule has 0 spiro atoms. The van der Waals surface area contributed by atoms with Crippen molar-refractivity contribution in [3.05, 3.63) is 0 Å². The van der Waals surface area contributed by atoms with Crippen molar-refractivity contribution in [1.82, 2.24) is 9.80 Å². The molecule has 106 valence electrons. The van der Waals surface area contributed by atoms with Gasteiger partial charge >= 0.3 is 0 Å². The predicted molar refractivity (Wildman–Crippen MR) is 70.1 cm³/mol. The van der Waals surface area contributed by atoms with E-state index in [-0.39, 0.29) is 30.7 Å². The number of carbonyl (C=O) groups excluding carboxylic acids is 3. The van der Waals surface area contributed by atoms with Crippen molar-refractivity contribution < 1.29 is 14.4 Å². The van der Waals surface area contributed by atoms with Crippen LogP contribution in [-0.4, -0.2) is 46.7 Å². The Hall–Kier alpha value is -1.39. The molecule has 19 heavy (non-hydrogen) atoms. The molecule has 0 aromatic rings. The van der Waals surface area contributed by atoms with Gasteiger partial charge in [0.25, 0.3) is 0 Å². The normalized spacial score (nSPS) is 19.4. The second-order valence-corrected chi connectivity index (χ2v) is 5.86. The Morgan fingerprint density at radius 2 is 1.84 bits per heavy atom. The first-order valence-corrected chi connectivity index (χ1v) is 7.11. The summed E-state index contributed by atoms with van der Waals surface area (Å²) in [4.78, 5) is 38.3. The Morgan fingerprint density at radius 1 is 1.26 bits per heavy atom. The molecule has 3 amide bonds. The van der Waals surface area contributed by atoms with E-state index in [0.717, 1.165) is 19.4 Å². The van der Waals surface area contributed by atoms with Gasteiger partial charge < -0.3 is 4.90 Å². The highest BCUT2D eigenvalue weighted by Gasteiger charge is 2.34. The molecule has 0 aromatic heterocycles. The van der Waals surface area contributed by atoms with Gasteiger partial charge in [-0.15, -0.1) is 0 Å². The summed E-state index contributed by atoms with van der Waals surface area (Å²) in [6.07, 6.45) is 3.03. The van der Waals surface area contributed by atoms with Crippen molar-refractivity contribution >= 4 is 17.7 Å². The van der Waals surface area contributed by atoms with Gasteiger partial charge in [-0.1, -0.05) is 13.8 Å². The maximum Gasteiger partial charge on any atom is 0.229 e. The van der Waals surface area contributed by atoms with E-state index >= 15 is 0 Å². The molecule has 1 saturated heterocycles. The van der Waals surface area contributed by atoms with Crippen molar-refractivity contribution in [3.8, 4) is 0 Å². The number of carbonyl (C=O) groups is 3. The van der Waals surface area contributed by atoms with E-state index in [4.69, 9.17) is 0 Å². The van der Waals surface area contributed by atoms with Gasteiger partial charge in [-0.3, -0.25) is 19.3 Å². The lowest BCUT2D eigenvalue weighted by Gasteiger charge is -2.25. The third kappa shape index (κ3) is 3.55. The SMILES string of the molecule is CC(C)CN(C(=O)CCN1C(=O)CCC1=O)C1CC1. The summed E-state index contributed by atoms with van der Waals surface area (Å²) >= 11 is 0. The van der Waals surface area contributed by atoms with Gasteiger partial charge in [-0.25, -0.2) is 0 Å². The van der Waals surface area contributed by atoms with Crippen LogP contribution in [0.1, 0.15) is 46.0 Å². The summed E-state index contributed by atoms with van der Waals surface area (Å²) in [5.41, 5.74) is 0. The van der Waals surface area contributed by atoms with Crippen LogP contribution in [-0.2, 0) is 14.4 Å². The molecule has 5 nitrogen and oxygen atoms in total. The number of nitrogens with zero attached hydrogens (tertiary/aromatic N) is 2. The van der Waals surface area contributed by atoms with Gasteiger partial charge in [0.2, 0.25) is 17.7 Å². The number of rotatable bonds is 6. The third-order valence-corrected chi connectivity index (χ3v) is 3.57. The molecule has 1 saturated carbocycles. The van der Waals surface area contributed by atoms with Gasteiger partial charge in [-0.05, 0) is 18.8 Å². The minimum Gasteiger partial charge on any atom is -0.339 e.